The third-order valence-electron chi connectivity index (χ3n) is 5.42. The number of imidazole rings is 1. The van der Waals surface area contributed by atoms with E-state index >= 15 is 0 Å². The summed E-state index contributed by atoms with van der Waals surface area (Å²) in [6.07, 6.45) is 0.357. The fourth-order valence-electron chi connectivity index (χ4n) is 3.57. The number of hydrogen-bond acceptors (Lipinski definition) is 9. The van der Waals surface area contributed by atoms with Gasteiger partial charge in [0.2, 0.25) is 5.91 Å². The maximum Gasteiger partial charge on any atom is 0.311 e. The van der Waals surface area contributed by atoms with E-state index in [1.807, 2.05) is 48.5 Å². The Labute approximate surface area is 229 Å². The number of ether oxygens (including phenoxy) is 3. The number of carbonyl (C=O) groups excluding carboxylic acids is 2. The number of thioether (sulfide) groups is 1. The van der Waals surface area contributed by atoms with Gasteiger partial charge < -0.3 is 24.5 Å². The molecule has 0 saturated heterocycles. The van der Waals surface area contributed by atoms with Crippen LogP contribution >= 0.6 is 23.1 Å². The zero-order valence-corrected chi connectivity index (χ0v) is 22.9. The fourth-order valence-corrected chi connectivity index (χ4v) is 5.11. The number of nitrogens with zero attached hydrogens (tertiary/aromatic N) is 2. The Morgan fingerprint density at radius 3 is 2.26 bits per heavy atom. The molecular formula is C27H28N4O5S2. The molecule has 198 valence electrons. The summed E-state index contributed by atoms with van der Waals surface area (Å²) in [5.74, 6) is 1.56. The van der Waals surface area contributed by atoms with Crippen LogP contribution in [0.2, 0.25) is 0 Å². The van der Waals surface area contributed by atoms with E-state index in [2.05, 4.69) is 15.3 Å². The lowest BCUT2D eigenvalue weighted by molar-refractivity contribution is -0.142. The summed E-state index contributed by atoms with van der Waals surface area (Å²) >= 11 is 2.74. The van der Waals surface area contributed by atoms with E-state index in [4.69, 9.17) is 19.2 Å². The number of rotatable bonds is 12. The van der Waals surface area contributed by atoms with Crippen molar-refractivity contribution in [2.24, 2.45) is 0 Å². The van der Waals surface area contributed by atoms with Gasteiger partial charge in [0.15, 0.2) is 10.3 Å². The third kappa shape index (κ3) is 7.14. The summed E-state index contributed by atoms with van der Waals surface area (Å²) in [6, 6.07) is 15.5. The van der Waals surface area contributed by atoms with Crippen LogP contribution in [-0.2, 0) is 20.7 Å². The Kier molecular flexibility index (Phi) is 9.39. The molecule has 0 bridgehead atoms. The van der Waals surface area contributed by atoms with Crippen LogP contribution in [-0.4, -0.2) is 53.4 Å². The van der Waals surface area contributed by atoms with Gasteiger partial charge in [-0.2, -0.15) is 0 Å². The van der Waals surface area contributed by atoms with E-state index in [1.165, 1.54) is 23.1 Å². The molecule has 4 rings (SSSR count). The van der Waals surface area contributed by atoms with Crippen molar-refractivity contribution in [1.29, 1.82) is 0 Å². The van der Waals surface area contributed by atoms with Gasteiger partial charge in [-0.1, -0.05) is 11.8 Å². The van der Waals surface area contributed by atoms with Gasteiger partial charge in [-0.25, -0.2) is 9.97 Å². The van der Waals surface area contributed by atoms with Crippen molar-refractivity contribution in [1.82, 2.24) is 15.0 Å². The molecule has 0 aliphatic carbocycles. The minimum atomic E-state index is -0.339. The zero-order valence-electron chi connectivity index (χ0n) is 21.3. The van der Waals surface area contributed by atoms with Crippen LogP contribution in [0.1, 0.15) is 19.0 Å². The van der Waals surface area contributed by atoms with Gasteiger partial charge in [0.1, 0.15) is 11.5 Å². The van der Waals surface area contributed by atoms with Gasteiger partial charge >= 0.3 is 5.97 Å². The minimum Gasteiger partial charge on any atom is -0.497 e. The van der Waals surface area contributed by atoms with Crippen molar-refractivity contribution < 1.29 is 23.8 Å². The van der Waals surface area contributed by atoms with Crippen LogP contribution < -0.4 is 14.8 Å². The van der Waals surface area contributed by atoms with Crippen molar-refractivity contribution in [3.8, 4) is 34.0 Å². The number of esters is 1. The standard InChI is InChI=1S/C27H28N4O5S2/c1-4-36-23(33)15-19-16-38-26(28-19)29-22(32)13-14-37-27-30-24(17-5-9-20(34-2)10-6-17)25(31-27)18-7-11-21(35-3)12-8-18/h5-12,16H,4,13-15H2,1-3H3,(H,30,31)(H,28,29,32). The maximum absolute atomic E-state index is 12.5. The predicted octanol–water partition coefficient (Wildman–Crippen LogP) is 5.44. The van der Waals surface area contributed by atoms with E-state index in [9.17, 15) is 9.59 Å². The van der Waals surface area contributed by atoms with Gasteiger partial charge in [-0.05, 0) is 55.5 Å². The van der Waals surface area contributed by atoms with E-state index < -0.39 is 0 Å². The lowest BCUT2D eigenvalue weighted by Crippen LogP contribution is -2.12. The highest BCUT2D eigenvalue weighted by molar-refractivity contribution is 7.99. The molecule has 0 saturated carbocycles. The van der Waals surface area contributed by atoms with Crippen molar-refractivity contribution in [3.05, 3.63) is 59.6 Å². The molecular weight excluding hydrogens is 524 g/mol. The van der Waals surface area contributed by atoms with E-state index in [1.54, 1.807) is 26.5 Å². The number of carbonyl (C=O) groups is 2. The van der Waals surface area contributed by atoms with Gasteiger partial charge in [-0.15, -0.1) is 11.3 Å². The van der Waals surface area contributed by atoms with Gasteiger partial charge in [-0.3, -0.25) is 9.59 Å². The molecule has 2 aromatic carbocycles. The summed E-state index contributed by atoms with van der Waals surface area (Å²) in [7, 11) is 3.27. The maximum atomic E-state index is 12.5. The molecule has 9 nitrogen and oxygen atoms in total. The molecule has 38 heavy (non-hydrogen) atoms. The first-order valence-corrected chi connectivity index (χ1v) is 13.8. The molecule has 1 amide bonds. The number of hydrogen-bond donors (Lipinski definition) is 2. The molecule has 0 aliphatic rings. The number of methoxy groups -OCH3 is 2. The number of benzene rings is 2. The highest BCUT2D eigenvalue weighted by Crippen LogP contribution is 2.34. The second kappa shape index (κ2) is 13.1. The highest BCUT2D eigenvalue weighted by Gasteiger charge is 2.16. The van der Waals surface area contributed by atoms with Crippen molar-refractivity contribution in [3.63, 3.8) is 0 Å². The number of aromatic amines is 1. The molecule has 2 heterocycles. The number of amides is 1. The number of aromatic nitrogens is 3. The van der Waals surface area contributed by atoms with Crippen LogP contribution in [0.5, 0.6) is 11.5 Å². The topological polar surface area (TPSA) is 115 Å². The van der Waals surface area contributed by atoms with E-state index in [0.717, 1.165) is 34.0 Å². The van der Waals surface area contributed by atoms with Gasteiger partial charge in [0.25, 0.3) is 0 Å². The van der Waals surface area contributed by atoms with E-state index in [-0.39, 0.29) is 24.7 Å². The van der Waals surface area contributed by atoms with Gasteiger partial charge in [0.05, 0.1) is 44.3 Å². The number of H-pyrrole nitrogens is 1. The Balaban J connectivity index is 1.41. The van der Waals surface area contributed by atoms with Crippen molar-refractivity contribution in [2.45, 2.75) is 24.9 Å². The third-order valence-corrected chi connectivity index (χ3v) is 7.10. The second-order valence-corrected chi connectivity index (χ2v) is 9.94. The van der Waals surface area contributed by atoms with Crippen LogP contribution in [0.15, 0.2) is 59.1 Å². The summed E-state index contributed by atoms with van der Waals surface area (Å²) in [5.41, 5.74) is 4.17. The van der Waals surface area contributed by atoms with Crippen molar-refractivity contribution >= 4 is 40.1 Å². The zero-order chi connectivity index (χ0) is 26.9. The molecule has 0 radical (unpaired) electrons. The summed E-state index contributed by atoms with van der Waals surface area (Å²) in [4.78, 5) is 36.6. The number of anilines is 1. The molecule has 0 aliphatic heterocycles. The monoisotopic (exact) mass is 552 g/mol. The number of thiazole rings is 1. The average molecular weight is 553 g/mol. The molecule has 0 atom stereocenters. The Morgan fingerprint density at radius 2 is 1.63 bits per heavy atom. The molecule has 11 heteroatoms. The van der Waals surface area contributed by atoms with E-state index in [0.29, 0.717) is 28.3 Å². The summed E-state index contributed by atoms with van der Waals surface area (Å²) in [5, 5.41) is 5.70. The molecule has 2 N–H and O–H groups in total. The molecule has 0 unspecified atom stereocenters. The van der Waals surface area contributed by atoms with Crippen LogP contribution in [0, 0.1) is 0 Å². The van der Waals surface area contributed by atoms with Crippen LogP contribution in [0.4, 0.5) is 5.13 Å². The lowest BCUT2D eigenvalue weighted by atomic mass is 10.0. The van der Waals surface area contributed by atoms with Crippen molar-refractivity contribution in [2.75, 3.05) is 31.9 Å². The molecule has 0 fully saturated rings. The average Bonchev–Trinajstić information content (AvgIpc) is 3.55. The SMILES string of the molecule is CCOC(=O)Cc1csc(NC(=O)CCSc2nc(-c3ccc(OC)cc3)c(-c3ccc(OC)cc3)[nH]2)n1. The predicted molar refractivity (Wildman–Crippen MR) is 149 cm³/mol. The first-order chi connectivity index (χ1) is 18.5. The summed E-state index contributed by atoms with van der Waals surface area (Å²) in [6.45, 7) is 2.08. The Morgan fingerprint density at radius 1 is 0.974 bits per heavy atom. The highest BCUT2D eigenvalue weighted by atomic mass is 32.2. The lowest BCUT2D eigenvalue weighted by Gasteiger charge is -2.06. The minimum absolute atomic E-state index is 0.0849. The van der Waals surface area contributed by atoms with Gasteiger partial charge in [0, 0.05) is 28.7 Å². The largest absolute Gasteiger partial charge is 0.497 e. The normalized spacial score (nSPS) is 10.7. The smallest absolute Gasteiger partial charge is 0.311 e. The fraction of sp³-hybridized carbons (Fsp3) is 0.259. The number of nitrogens with one attached hydrogen (secondary N) is 2. The Hall–Kier alpha value is -3.83. The van der Waals surface area contributed by atoms with Crippen LogP contribution in [0.25, 0.3) is 22.5 Å². The van der Waals surface area contributed by atoms with Crippen LogP contribution in [0.3, 0.4) is 0 Å². The Bertz CT molecular complexity index is 1300. The molecule has 2 aromatic heterocycles. The molecule has 0 spiro atoms. The first kappa shape index (κ1) is 27.2. The first-order valence-electron chi connectivity index (χ1n) is 11.9. The second-order valence-electron chi connectivity index (χ2n) is 7.99. The molecule has 4 aromatic rings. The quantitative estimate of drug-likeness (QED) is 0.176. The summed E-state index contributed by atoms with van der Waals surface area (Å²) < 4.78 is 15.5.